The van der Waals surface area contributed by atoms with Crippen LogP contribution in [0.1, 0.15) is 0 Å². The summed E-state index contributed by atoms with van der Waals surface area (Å²) >= 11 is 0. The number of methoxy groups -OCH3 is 2. The molecule has 3 rings (SSSR count). The van der Waals surface area contributed by atoms with Gasteiger partial charge >= 0.3 is 0 Å². The van der Waals surface area contributed by atoms with E-state index in [0.29, 0.717) is 28.6 Å². The maximum Gasteiger partial charge on any atom is 0.229 e. The zero-order valence-electron chi connectivity index (χ0n) is 15.8. The molecule has 0 amide bonds. The summed E-state index contributed by atoms with van der Waals surface area (Å²) in [5, 5.41) is 0. The molecule has 0 spiro atoms. The zero-order valence-corrected chi connectivity index (χ0v) is 16.6. The fourth-order valence-corrected chi connectivity index (χ4v) is 3.40. The largest absolute Gasteiger partial charge is 0.497 e. The number of ether oxygens (including phenoxy) is 2. The molecule has 2 aromatic carbocycles. The lowest BCUT2D eigenvalue weighted by Crippen LogP contribution is -2.09. The quantitative estimate of drug-likeness (QED) is 0.658. The van der Waals surface area contributed by atoms with Gasteiger partial charge in [0, 0.05) is 34.6 Å². The third-order valence-electron chi connectivity index (χ3n) is 4.12. The maximum atomic E-state index is 11.5. The third-order valence-corrected chi connectivity index (χ3v) is 4.72. The zero-order chi connectivity index (χ0) is 20.3. The van der Waals surface area contributed by atoms with Gasteiger partial charge in [-0.05, 0) is 35.9 Å². The topological polar surface area (TPSA) is 104 Å². The highest BCUT2D eigenvalue weighted by molar-refractivity contribution is 7.92. The molecule has 28 heavy (non-hydrogen) atoms. The second-order valence-electron chi connectivity index (χ2n) is 6.18. The summed E-state index contributed by atoms with van der Waals surface area (Å²) in [6.07, 6.45) is 2.76. The number of aromatic nitrogens is 1. The Labute approximate surface area is 164 Å². The predicted octanol–water partition coefficient (Wildman–Crippen LogP) is 3.39. The average molecular weight is 399 g/mol. The number of hydrogen-bond acceptors (Lipinski definition) is 6. The average Bonchev–Trinajstić information content (AvgIpc) is 2.67. The van der Waals surface area contributed by atoms with Crippen LogP contribution in [-0.4, -0.2) is 33.9 Å². The van der Waals surface area contributed by atoms with Gasteiger partial charge in [-0.1, -0.05) is 12.1 Å². The Kier molecular flexibility index (Phi) is 5.41. The second-order valence-corrected chi connectivity index (χ2v) is 7.93. The first-order valence-electron chi connectivity index (χ1n) is 8.37. The highest BCUT2D eigenvalue weighted by atomic mass is 32.2. The molecule has 1 aromatic heterocycles. The summed E-state index contributed by atoms with van der Waals surface area (Å²) in [7, 11) is -0.202. The van der Waals surface area contributed by atoms with E-state index >= 15 is 0 Å². The van der Waals surface area contributed by atoms with Gasteiger partial charge in [0.1, 0.15) is 17.3 Å². The first-order chi connectivity index (χ1) is 13.3. The monoisotopic (exact) mass is 399 g/mol. The number of anilines is 2. The molecule has 0 saturated carbocycles. The number of benzene rings is 2. The van der Waals surface area contributed by atoms with Crippen LogP contribution in [0.5, 0.6) is 11.5 Å². The number of hydrogen-bond donors (Lipinski definition) is 2. The fourth-order valence-electron chi connectivity index (χ4n) is 2.85. The van der Waals surface area contributed by atoms with Gasteiger partial charge < -0.3 is 15.2 Å². The Morgan fingerprint density at radius 1 is 0.964 bits per heavy atom. The molecule has 1 heterocycles. The van der Waals surface area contributed by atoms with Crippen molar-refractivity contribution in [3.8, 4) is 33.8 Å². The lowest BCUT2D eigenvalue weighted by Gasteiger charge is -2.14. The summed E-state index contributed by atoms with van der Waals surface area (Å²) in [5.41, 5.74) is 9.67. The van der Waals surface area contributed by atoms with Crippen LogP contribution in [0, 0.1) is 0 Å². The minimum absolute atomic E-state index is 0.359. The molecule has 0 atom stereocenters. The number of nitrogens with two attached hydrogens (primary N) is 1. The van der Waals surface area contributed by atoms with E-state index in [0.717, 1.165) is 22.9 Å². The molecular weight excluding hydrogens is 378 g/mol. The molecule has 7 nitrogen and oxygen atoms in total. The lowest BCUT2D eigenvalue weighted by molar-refractivity contribution is 0.395. The van der Waals surface area contributed by atoms with Gasteiger partial charge in [-0.15, -0.1) is 0 Å². The molecule has 3 aromatic rings. The van der Waals surface area contributed by atoms with Crippen molar-refractivity contribution >= 4 is 21.5 Å². The van der Waals surface area contributed by atoms with Crippen LogP contribution < -0.4 is 19.9 Å². The van der Waals surface area contributed by atoms with Gasteiger partial charge in [-0.3, -0.25) is 4.72 Å². The van der Waals surface area contributed by atoms with Crippen LogP contribution in [0.25, 0.3) is 22.3 Å². The van der Waals surface area contributed by atoms with Crippen molar-refractivity contribution in [2.75, 3.05) is 30.9 Å². The Morgan fingerprint density at radius 3 is 2.43 bits per heavy atom. The van der Waals surface area contributed by atoms with E-state index < -0.39 is 10.0 Å². The van der Waals surface area contributed by atoms with Gasteiger partial charge in [-0.2, -0.15) is 0 Å². The maximum absolute atomic E-state index is 11.5. The van der Waals surface area contributed by atoms with Crippen LogP contribution in [0.4, 0.5) is 11.5 Å². The van der Waals surface area contributed by atoms with Crippen molar-refractivity contribution in [2.24, 2.45) is 0 Å². The van der Waals surface area contributed by atoms with Gasteiger partial charge in [0.15, 0.2) is 0 Å². The normalized spacial score (nSPS) is 11.1. The Hall–Kier alpha value is -3.26. The molecule has 0 unspecified atom stereocenters. The predicted molar refractivity (Wildman–Crippen MR) is 111 cm³/mol. The van der Waals surface area contributed by atoms with Crippen LogP contribution in [0.15, 0.2) is 54.7 Å². The number of sulfonamides is 1. The lowest BCUT2D eigenvalue weighted by atomic mass is 10.00. The molecule has 0 aliphatic carbocycles. The fraction of sp³-hybridized carbons (Fsp3) is 0.150. The van der Waals surface area contributed by atoms with E-state index in [9.17, 15) is 8.42 Å². The van der Waals surface area contributed by atoms with E-state index in [1.807, 2.05) is 24.3 Å². The standard InChI is InChI=1S/C20H21N3O4S/c1-26-16-7-8-17(19(11-16)27-2)18-10-14(12-22-20(18)21)13-5-4-6-15(9-13)23-28(3,24)25/h4-12,23H,1-3H3,(H2,21,22). The van der Waals surface area contributed by atoms with Gasteiger partial charge in [0.05, 0.1) is 20.5 Å². The Morgan fingerprint density at radius 2 is 1.75 bits per heavy atom. The van der Waals surface area contributed by atoms with E-state index in [1.165, 1.54) is 0 Å². The van der Waals surface area contributed by atoms with Crippen molar-refractivity contribution in [1.82, 2.24) is 4.98 Å². The van der Waals surface area contributed by atoms with Gasteiger partial charge in [0.2, 0.25) is 10.0 Å². The molecule has 146 valence electrons. The molecule has 0 aliphatic heterocycles. The number of nitrogen functional groups attached to an aromatic ring is 1. The Bertz CT molecular complexity index is 1110. The second kappa shape index (κ2) is 7.77. The van der Waals surface area contributed by atoms with Gasteiger partial charge in [-0.25, -0.2) is 13.4 Å². The van der Waals surface area contributed by atoms with Gasteiger partial charge in [0.25, 0.3) is 0 Å². The SMILES string of the molecule is COc1ccc(-c2cc(-c3cccc(NS(C)(=O)=O)c3)cnc2N)c(OC)c1. The van der Waals surface area contributed by atoms with Crippen molar-refractivity contribution in [3.63, 3.8) is 0 Å². The molecule has 0 aliphatic rings. The molecule has 3 N–H and O–H groups in total. The first-order valence-corrected chi connectivity index (χ1v) is 10.3. The van der Waals surface area contributed by atoms with Crippen LogP contribution in [-0.2, 0) is 10.0 Å². The third kappa shape index (κ3) is 4.34. The summed E-state index contributed by atoms with van der Waals surface area (Å²) < 4.78 is 36.2. The van der Waals surface area contributed by atoms with Crippen molar-refractivity contribution in [1.29, 1.82) is 0 Å². The van der Waals surface area contributed by atoms with Crippen molar-refractivity contribution in [3.05, 3.63) is 54.7 Å². The first kappa shape index (κ1) is 19.5. The molecule has 0 radical (unpaired) electrons. The van der Waals surface area contributed by atoms with E-state index in [4.69, 9.17) is 15.2 Å². The van der Waals surface area contributed by atoms with E-state index in [2.05, 4.69) is 9.71 Å². The number of rotatable bonds is 6. The minimum atomic E-state index is -3.36. The van der Waals surface area contributed by atoms with Crippen molar-refractivity contribution < 1.29 is 17.9 Å². The highest BCUT2D eigenvalue weighted by Gasteiger charge is 2.13. The number of pyridine rings is 1. The smallest absolute Gasteiger partial charge is 0.229 e. The van der Waals surface area contributed by atoms with E-state index in [-0.39, 0.29) is 0 Å². The summed E-state index contributed by atoms with van der Waals surface area (Å²) in [6.45, 7) is 0. The van der Waals surface area contributed by atoms with Crippen LogP contribution >= 0.6 is 0 Å². The number of nitrogens with zero attached hydrogens (tertiary/aromatic N) is 1. The minimum Gasteiger partial charge on any atom is -0.497 e. The molecule has 0 saturated heterocycles. The number of nitrogens with one attached hydrogen (secondary N) is 1. The van der Waals surface area contributed by atoms with Crippen LogP contribution in [0.2, 0.25) is 0 Å². The van der Waals surface area contributed by atoms with Crippen LogP contribution in [0.3, 0.4) is 0 Å². The van der Waals surface area contributed by atoms with E-state index in [1.54, 1.807) is 44.7 Å². The highest BCUT2D eigenvalue weighted by Crippen LogP contribution is 2.37. The summed E-state index contributed by atoms with van der Waals surface area (Å²) in [5.74, 6) is 1.64. The summed E-state index contributed by atoms with van der Waals surface area (Å²) in [6, 6.07) is 14.4. The molecule has 8 heteroatoms. The van der Waals surface area contributed by atoms with Crippen molar-refractivity contribution in [2.45, 2.75) is 0 Å². The molecule has 0 fully saturated rings. The Balaban J connectivity index is 2.07. The molecular formula is C20H21N3O4S. The molecule has 0 bridgehead atoms. The summed E-state index contributed by atoms with van der Waals surface area (Å²) in [4.78, 5) is 4.31.